The third-order valence-corrected chi connectivity index (χ3v) is 19.6. The molecule has 368 valence electrons. The lowest BCUT2D eigenvalue weighted by Gasteiger charge is -2.08. The molecule has 0 aliphatic heterocycles. The number of aryl methyl sites for hydroxylation is 5. The van der Waals surface area contributed by atoms with Gasteiger partial charge in [0.15, 0.2) is 11.3 Å². The highest BCUT2D eigenvalue weighted by Gasteiger charge is 2.28. The molecule has 0 atom stereocenters. The third-order valence-electron chi connectivity index (χ3n) is 11.5. The van der Waals surface area contributed by atoms with Gasteiger partial charge in [0.1, 0.15) is 11.0 Å². The second-order valence-electron chi connectivity index (χ2n) is 16.7. The number of hydrogen-bond donors (Lipinski definition) is 0. The van der Waals surface area contributed by atoms with E-state index in [0.717, 1.165) is 38.4 Å². The van der Waals surface area contributed by atoms with Gasteiger partial charge in [-0.25, -0.2) is 44.7 Å². The van der Waals surface area contributed by atoms with Crippen LogP contribution in [0, 0.1) is 48.7 Å². The summed E-state index contributed by atoms with van der Waals surface area (Å²) in [6, 6.07) is 26.2. The molecule has 0 radical (unpaired) electrons. The van der Waals surface area contributed by atoms with Crippen molar-refractivity contribution >= 4 is 108 Å². The van der Waals surface area contributed by atoms with Crippen LogP contribution in [-0.4, -0.2) is 79.9 Å². The Kier molecular flexibility index (Phi) is 13.4. The Morgan fingerprint density at radius 3 is 1.19 bits per heavy atom. The lowest BCUT2D eigenvalue weighted by atomic mass is 10.2. The molecule has 18 nitrogen and oxygen atoms in total. The van der Waals surface area contributed by atoms with Crippen molar-refractivity contribution in [1.29, 1.82) is 0 Å². The predicted octanol–water partition coefficient (Wildman–Crippen LogP) is 8.60. The van der Waals surface area contributed by atoms with Crippen LogP contribution in [0.5, 0.6) is 0 Å². The molecule has 24 heteroatoms. The summed E-state index contributed by atoms with van der Waals surface area (Å²) in [6.45, 7) is 10.8. The Hall–Kier alpha value is -6.20. The van der Waals surface area contributed by atoms with Crippen molar-refractivity contribution in [1.82, 2.24) is 46.3 Å². The summed E-state index contributed by atoms with van der Waals surface area (Å²) in [4.78, 5) is 18.6. The number of hydrogen-bond acceptors (Lipinski definition) is 14. The van der Waals surface area contributed by atoms with E-state index in [2.05, 4.69) is 30.1 Å². The van der Waals surface area contributed by atoms with Crippen molar-refractivity contribution in [3.8, 4) is 22.5 Å². The summed E-state index contributed by atoms with van der Waals surface area (Å²) >= 11 is 4.02. The maximum Gasteiger partial charge on any atom is 0.283 e. The zero-order chi connectivity index (χ0) is 51.7. The summed E-state index contributed by atoms with van der Waals surface area (Å²) in [5, 5.41) is 8.32. The molecule has 10 rings (SSSR count). The van der Waals surface area contributed by atoms with E-state index in [4.69, 9.17) is 0 Å². The van der Waals surface area contributed by atoms with E-state index in [1.54, 1.807) is 86.6 Å². The summed E-state index contributed by atoms with van der Waals surface area (Å²) in [6.07, 6.45) is 8.61. The first-order valence-corrected chi connectivity index (χ1v) is 29.4. The minimum Gasteiger partial charge on any atom is -0.242 e. The standard InChI is InChI=1S/2C24H20IN5O4S2/c1-15-4-8-18(9-5-15)35(31,32)29-14-21(25)23-24(29)26-12-22(27-23)20-13-30(28-17(20)3)36(33,34)19-10-6-16(2)7-11-19;1-15-4-8-18(9-5-15)35(31,32)29-14-21(25)23-24(29)26-13-22(28-23)20-12-27-30(17(20)3)36(33,34)19-10-6-16(2)7-11-19/h2*4-14H,1-3H3. The van der Waals surface area contributed by atoms with Crippen molar-refractivity contribution in [2.45, 2.75) is 61.1 Å². The molecule has 0 aliphatic rings. The maximum absolute atomic E-state index is 13.3. The highest BCUT2D eigenvalue weighted by Crippen LogP contribution is 2.32. The van der Waals surface area contributed by atoms with E-state index < -0.39 is 40.1 Å². The van der Waals surface area contributed by atoms with E-state index in [1.807, 2.05) is 72.9 Å². The molecule has 4 aromatic carbocycles. The molecule has 6 aromatic heterocycles. The second-order valence-corrected chi connectivity index (χ2v) is 26.2. The summed E-state index contributed by atoms with van der Waals surface area (Å²) in [7, 11) is -15.6. The minimum atomic E-state index is -3.90. The maximum atomic E-state index is 13.3. The van der Waals surface area contributed by atoms with Crippen LogP contribution in [0.2, 0.25) is 0 Å². The van der Waals surface area contributed by atoms with Gasteiger partial charge < -0.3 is 0 Å². The Labute approximate surface area is 442 Å². The molecule has 0 unspecified atom stereocenters. The molecular weight excluding hydrogens is 1230 g/mol. The second kappa shape index (κ2) is 19.0. The van der Waals surface area contributed by atoms with Gasteiger partial charge in [-0.3, -0.25) is 0 Å². The molecule has 0 bridgehead atoms. The SMILES string of the molecule is Cc1ccc(S(=O)(=O)n2cc(-c3cnc4c(n3)c(I)cn4S(=O)(=O)c3ccc(C)cc3)c(C)n2)cc1.Cc1ccc(S(=O)(=O)n2ncc(-c3cnc4c(n3)c(I)cn4S(=O)(=O)c3ccc(C)cc3)c2C)cc1. The average molecular weight is 1270 g/mol. The van der Waals surface area contributed by atoms with Gasteiger partial charge in [0.2, 0.25) is 0 Å². The molecule has 0 saturated heterocycles. The number of benzene rings is 4. The molecule has 0 aliphatic carbocycles. The lowest BCUT2D eigenvalue weighted by molar-refractivity contribution is 0.577. The molecule has 6 heterocycles. The van der Waals surface area contributed by atoms with Gasteiger partial charge in [-0.1, -0.05) is 70.8 Å². The highest BCUT2D eigenvalue weighted by atomic mass is 127. The molecular formula is C48H40I2N10O8S4. The van der Waals surface area contributed by atoms with Crippen molar-refractivity contribution in [3.63, 3.8) is 0 Å². The van der Waals surface area contributed by atoms with Crippen LogP contribution >= 0.6 is 45.2 Å². The van der Waals surface area contributed by atoms with Gasteiger partial charge in [0.25, 0.3) is 40.1 Å². The van der Waals surface area contributed by atoms with E-state index >= 15 is 0 Å². The van der Waals surface area contributed by atoms with Gasteiger partial charge in [-0.2, -0.15) is 35.2 Å². The quantitative estimate of drug-likeness (QED) is 0.117. The first kappa shape index (κ1) is 50.7. The lowest BCUT2D eigenvalue weighted by Crippen LogP contribution is -2.16. The Bertz CT molecular complexity index is 4080. The normalized spacial score (nSPS) is 12.3. The Morgan fingerprint density at radius 1 is 0.431 bits per heavy atom. The van der Waals surface area contributed by atoms with Crippen molar-refractivity contribution in [2.24, 2.45) is 0 Å². The summed E-state index contributed by atoms with van der Waals surface area (Å²) < 4.78 is 111. The Balaban J connectivity index is 0.000000178. The van der Waals surface area contributed by atoms with Gasteiger partial charge in [-0.05, 0) is 135 Å². The number of nitrogens with zero attached hydrogens (tertiary/aromatic N) is 10. The summed E-state index contributed by atoms with van der Waals surface area (Å²) in [5.74, 6) is 0. The largest absolute Gasteiger partial charge is 0.283 e. The third kappa shape index (κ3) is 9.26. The fourth-order valence-corrected chi connectivity index (χ4v) is 14.2. The van der Waals surface area contributed by atoms with E-state index in [9.17, 15) is 33.7 Å². The molecule has 10 aromatic rings. The fourth-order valence-electron chi connectivity index (χ4n) is 7.46. The van der Waals surface area contributed by atoms with Crippen LogP contribution < -0.4 is 0 Å². The van der Waals surface area contributed by atoms with E-state index in [0.29, 0.717) is 52.1 Å². The molecule has 0 saturated carbocycles. The van der Waals surface area contributed by atoms with Gasteiger partial charge >= 0.3 is 0 Å². The number of halogens is 2. The smallest absolute Gasteiger partial charge is 0.242 e. The Morgan fingerprint density at radius 2 is 0.792 bits per heavy atom. The van der Waals surface area contributed by atoms with Crippen LogP contribution in [0.3, 0.4) is 0 Å². The van der Waals surface area contributed by atoms with E-state index in [-0.39, 0.29) is 30.9 Å². The first-order valence-electron chi connectivity index (χ1n) is 21.5. The molecule has 0 spiro atoms. The molecule has 0 amide bonds. The topological polar surface area (TPSA) is 234 Å². The van der Waals surface area contributed by atoms with Crippen molar-refractivity contribution in [2.75, 3.05) is 0 Å². The number of aromatic nitrogens is 10. The molecule has 0 N–H and O–H groups in total. The molecule has 72 heavy (non-hydrogen) atoms. The van der Waals surface area contributed by atoms with E-state index in [1.165, 1.54) is 61.4 Å². The van der Waals surface area contributed by atoms with Crippen LogP contribution in [-0.2, 0) is 40.1 Å². The van der Waals surface area contributed by atoms with Crippen molar-refractivity contribution < 1.29 is 33.7 Å². The molecule has 0 fully saturated rings. The summed E-state index contributed by atoms with van der Waals surface area (Å²) in [5.41, 5.74) is 7.46. The van der Waals surface area contributed by atoms with Gasteiger partial charge in [0.05, 0.1) is 74.3 Å². The zero-order valence-electron chi connectivity index (χ0n) is 38.8. The minimum absolute atomic E-state index is 0.122. The zero-order valence-corrected chi connectivity index (χ0v) is 46.4. The first-order chi connectivity index (χ1) is 34.0. The van der Waals surface area contributed by atoms with Crippen LogP contribution in [0.15, 0.2) is 154 Å². The number of fused-ring (bicyclic) bond motifs is 2. The fraction of sp³-hybridized carbons (Fsp3) is 0.125. The van der Waals surface area contributed by atoms with Crippen LogP contribution in [0.4, 0.5) is 0 Å². The van der Waals surface area contributed by atoms with Crippen molar-refractivity contribution in [3.05, 3.63) is 175 Å². The average Bonchev–Trinajstić information content (AvgIpc) is 4.13. The monoisotopic (exact) mass is 1270 g/mol. The highest BCUT2D eigenvalue weighted by molar-refractivity contribution is 14.1. The van der Waals surface area contributed by atoms with Crippen LogP contribution in [0.25, 0.3) is 44.8 Å². The van der Waals surface area contributed by atoms with Crippen LogP contribution in [0.1, 0.15) is 33.6 Å². The van der Waals surface area contributed by atoms with Gasteiger partial charge in [-0.15, -0.1) is 0 Å². The number of rotatable bonds is 10. The van der Waals surface area contributed by atoms with Gasteiger partial charge in [0, 0.05) is 23.5 Å². The predicted molar refractivity (Wildman–Crippen MR) is 287 cm³/mol.